The van der Waals surface area contributed by atoms with Gasteiger partial charge in [0.05, 0.1) is 12.4 Å². The summed E-state index contributed by atoms with van der Waals surface area (Å²) in [4.78, 5) is 22.1. The van der Waals surface area contributed by atoms with E-state index in [1.807, 2.05) is 6.92 Å². The molecule has 1 unspecified atom stereocenters. The van der Waals surface area contributed by atoms with Crippen LogP contribution < -0.4 is 11.1 Å². The number of hydrogen-bond acceptors (Lipinski definition) is 5. The molecule has 2 heterocycles. The second kappa shape index (κ2) is 5.77. The number of nitrogens with zero attached hydrogens (tertiary/aromatic N) is 3. The standard InChI is InChI=1S/C12H19N5O/c1-9(8-17-4-2-3-5-17)15-12(18)10-6-14-7-11(13)16-10/h6-7,9H,2-5,8H2,1H3,(H2,13,16)(H,15,18). The highest BCUT2D eigenvalue weighted by molar-refractivity contribution is 5.92. The van der Waals surface area contributed by atoms with Gasteiger partial charge in [-0.3, -0.25) is 9.78 Å². The molecule has 1 aliphatic heterocycles. The van der Waals surface area contributed by atoms with Crippen LogP contribution in [0.5, 0.6) is 0 Å². The van der Waals surface area contributed by atoms with E-state index >= 15 is 0 Å². The Morgan fingerprint density at radius 3 is 2.89 bits per heavy atom. The first-order valence-electron chi connectivity index (χ1n) is 6.26. The number of carbonyl (C=O) groups is 1. The Morgan fingerprint density at radius 1 is 1.50 bits per heavy atom. The van der Waals surface area contributed by atoms with Crippen LogP contribution in [-0.2, 0) is 0 Å². The van der Waals surface area contributed by atoms with Gasteiger partial charge in [-0.25, -0.2) is 4.98 Å². The third kappa shape index (κ3) is 3.40. The fourth-order valence-electron chi connectivity index (χ4n) is 2.19. The molecule has 6 nitrogen and oxygen atoms in total. The van der Waals surface area contributed by atoms with E-state index in [-0.39, 0.29) is 23.5 Å². The molecule has 1 fully saturated rings. The molecule has 3 N–H and O–H groups in total. The van der Waals surface area contributed by atoms with Crippen LogP contribution >= 0.6 is 0 Å². The highest BCUT2D eigenvalue weighted by Crippen LogP contribution is 2.07. The fraction of sp³-hybridized carbons (Fsp3) is 0.583. The van der Waals surface area contributed by atoms with Crippen LogP contribution in [0.1, 0.15) is 30.3 Å². The number of nitrogens with one attached hydrogen (secondary N) is 1. The molecule has 1 aromatic heterocycles. The normalized spacial score (nSPS) is 17.6. The van der Waals surface area contributed by atoms with Crippen molar-refractivity contribution in [2.24, 2.45) is 0 Å². The number of hydrogen-bond donors (Lipinski definition) is 2. The maximum absolute atomic E-state index is 11.9. The third-order valence-corrected chi connectivity index (χ3v) is 2.99. The zero-order chi connectivity index (χ0) is 13.0. The molecule has 0 spiro atoms. The summed E-state index contributed by atoms with van der Waals surface area (Å²) in [6.07, 6.45) is 5.35. The van der Waals surface area contributed by atoms with Gasteiger partial charge in [-0.15, -0.1) is 0 Å². The second-order valence-corrected chi connectivity index (χ2v) is 4.71. The molecule has 1 aromatic rings. The Morgan fingerprint density at radius 2 is 2.22 bits per heavy atom. The van der Waals surface area contributed by atoms with Crippen molar-refractivity contribution in [1.29, 1.82) is 0 Å². The van der Waals surface area contributed by atoms with E-state index < -0.39 is 0 Å². The third-order valence-electron chi connectivity index (χ3n) is 2.99. The number of carbonyl (C=O) groups excluding carboxylic acids is 1. The van der Waals surface area contributed by atoms with E-state index in [4.69, 9.17) is 5.73 Å². The highest BCUT2D eigenvalue weighted by Gasteiger charge is 2.17. The molecule has 0 radical (unpaired) electrons. The van der Waals surface area contributed by atoms with E-state index in [2.05, 4.69) is 20.2 Å². The minimum atomic E-state index is -0.221. The van der Waals surface area contributed by atoms with Crippen LogP contribution in [0, 0.1) is 0 Å². The summed E-state index contributed by atoms with van der Waals surface area (Å²) < 4.78 is 0. The molecule has 1 amide bonds. The zero-order valence-electron chi connectivity index (χ0n) is 10.6. The minimum Gasteiger partial charge on any atom is -0.382 e. The summed E-state index contributed by atoms with van der Waals surface area (Å²) in [6, 6.07) is 0.0961. The first-order valence-corrected chi connectivity index (χ1v) is 6.26. The number of nitrogen functional groups attached to an aromatic ring is 1. The molecular formula is C12H19N5O. The number of rotatable bonds is 4. The first kappa shape index (κ1) is 12.8. The summed E-state index contributed by atoms with van der Waals surface area (Å²) in [5.41, 5.74) is 5.76. The largest absolute Gasteiger partial charge is 0.382 e. The van der Waals surface area contributed by atoms with Gasteiger partial charge in [0.2, 0.25) is 0 Å². The van der Waals surface area contributed by atoms with Crippen molar-refractivity contribution in [3.05, 3.63) is 18.1 Å². The molecular weight excluding hydrogens is 230 g/mol. The zero-order valence-corrected chi connectivity index (χ0v) is 10.6. The Bertz CT molecular complexity index is 417. The monoisotopic (exact) mass is 249 g/mol. The van der Waals surface area contributed by atoms with Gasteiger partial charge in [0.1, 0.15) is 11.5 Å². The van der Waals surface area contributed by atoms with E-state index in [1.54, 1.807) is 0 Å². The average Bonchev–Trinajstić information content (AvgIpc) is 2.81. The lowest BCUT2D eigenvalue weighted by Gasteiger charge is -2.20. The van der Waals surface area contributed by atoms with Crippen molar-refractivity contribution in [2.75, 3.05) is 25.4 Å². The van der Waals surface area contributed by atoms with Gasteiger partial charge in [0.25, 0.3) is 5.91 Å². The van der Waals surface area contributed by atoms with Crippen molar-refractivity contribution in [1.82, 2.24) is 20.2 Å². The number of likely N-dealkylation sites (tertiary alicyclic amines) is 1. The summed E-state index contributed by atoms with van der Waals surface area (Å²) in [5, 5.41) is 2.91. The highest BCUT2D eigenvalue weighted by atomic mass is 16.1. The summed E-state index contributed by atoms with van der Waals surface area (Å²) in [6.45, 7) is 5.12. The van der Waals surface area contributed by atoms with Gasteiger partial charge in [0, 0.05) is 12.6 Å². The topological polar surface area (TPSA) is 84.1 Å². The molecule has 2 rings (SSSR count). The molecule has 0 aliphatic carbocycles. The van der Waals surface area contributed by atoms with Gasteiger partial charge in [-0.1, -0.05) is 0 Å². The van der Waals surface area contributed by atoms with E-state index in [9.17, 15) is 4.79 Å². The first-order chi connectivity index (χ1) is 8.65. The molecule has 98 valence electrons. The number of amides is 1. The van der Waals surface area contributed by atoms with Gasteiger partial charge in [0.15, 0.2) is 0 Å². The molecule has 0 aromatic carbocycles. The molecule has 0 bridgehead atoms. The summed E-state index contributed by atoms with van der Waals surface area (Å²) >= 11 is 0. The average molecular weight is 249 g/mol. The minimum absolute atomic E-state index is 0.0961. The van der Waals surface area contributed by atoms with Crippen LogP contribution in [0.4, 0.5) is 5.82 Å². The van der Waals surface area contributed by atoms with Gasteiger partial charge >= 0.3 is 0 Å². The van der Waals surface area contributed by atoms with Crippen molar-refractivity contribution in [3.8, 4) is 0 Å². The lowest BCUT2D eigenvalue weighted by molar-refractivity contribution is 0.0926. The fourth-order valence-corrected chi connectivity index (χ4v) is 2.19. The Labute approximate surface area is 107 Å². The predicted molar refractivity (Wildman–Crippen MR) is 69.0 cm³/mol. The van der Waals surface area contributed by atoms with Crippen molar-refractivity contribution >= 4 is 11.7 Å². The smallest absolute Gasteiger partial charge is 0.271 e. The van der Waals surface area contributed by atoms with Crippen LogP contribution in [0.2, 0.25) is 0 Å². The quantitative estimate of drug-likeness (QED) is 0.800. The van der Waals surface area contributed by atoms with E-state index in [1.165, 1.54) is 25.2 Å². The lowest BCUT2D eigenvalue weighted by Crippen LogP contribution is -2.41. The van der Waals surface area contributed by atoms with Gasteiger partial charge < -0.3 is 16.0 Å². The van der Waals surface area contributed by atoms with Gasteiger partial charge in [-0.2, -0.15) is 0 Å². The number of anilines is 1. The van der Waals surface area contributed by atoms with Crippen molar-refractivity contribution in [2.45, 2.75) is 25.8 Å². The molecule has 1 aliphatic rings. The van der Waals surface area contributed by atoms with Crippen molar-refractivity contribution in [3.63, 3.8) is 0 Å². The van der Waals surface area contributed by atoms with Crippen LogP contribution in [0.25, 0.3) is 0 Å². The van der Waals surface area contributed by atoms with E-state index in [0.29, 0.717) is 0 Å². The Hall–Kier alpha value is -1.69. The maximum atomic E-state index is 11.9. The molecule has 1 saturated heterocycles. The summed E-state index contributed by atoms with van der Waals surface area (Å²) in [5.74, 6) is 0.0383. The number of nitrogens with two attached hydrogens (primary N) is 1. The van der Waals surface area contributed by atoms with Crippen LogP contribution in [-0.4, -0.2) is 46.5 Å². The second-order valence-electron chi connectivity index (χ2n) is 4.71. The molecule has 6 heteroatoms. The SMILES string of the molecule is CC(CN1CCCC1)NC(=O)c1cncc(N)n1. The maximum Gasteiger partial charge on any atom is 0.271 e. The summed E-state index contributed by atoms with van der Waals surface area (Å²) in [7, 11) is 0. The Balaban J connectivity index is 1.86. The molecule has 1 atom stereocenters. The van der Waals surface area contributed by atoms with E-state index in [0.717, 1.165) is 19.6 Å². The number of aromatic nitrogens is 2. The van der Waals surface area contributed by atoms with Crippen LogP contribution in [0.3, 0.4) is 0 Å². The predicted octanol–water partition coefficient (Wildman–Crippen LogP) is 0.273. The van der Waals surface area contributed by atoms with Gasteiger partial charge in [-0.05, 0) is 32.9 Å². The lowest BCUT2D eigenvalue weighted by atomic mass is 10.3. The van der Waals surface area contributed by atoms with Crippen LogP contribution in [0.15, 0.2) is 12.4 Å². The molecule has 18 heavy (non-hydrogen) atoms. The molecule has 0 saturated carbocycles. The Kier molecular flexibility index (Phi) is 4.09. The van der Waals surface area contributed by atoms with Crippen molar-refractivity contribution < 1.29 is 4.79 Å².